The minimum atomic E-state index is -0.864. The van der Waals surface area contributed by atoms with Crippen LogP contribution in [0.3, 0.4) is 0 Å². The number of carbonyl (C=O) groups excluding carboxylic acids is 2. The maximum Gasteiger partial charge on any atom is 0.339 e. The van der Waals surface area contributed by atoms with Crippen LogP contribution in [0.1, 0.15) is 44.3 Å². The minimum Gasteiger partial charge on any atom is -0.472 e. The summed E-state index contributed by atoms with van der Waals surface area (Å²) in [5.74, 6) is -0.268. The molecule has 1 spiro atoms. The lowest BCUT2D eigenvalue weighted by atomic mass is 9.49. The molecule has 25 heavy (non-hydrogen) atoms. The second kappa shape index (κ2) is 4.29. The number of fused-ring (bicyclic) bond motifs is 7. The lowest BCUT2D eigenvalue weighted by Gasteiger charge is -2.52. The van der Waals surface area contributed by atoms with Crippen molar-refractivity contribution in [1.82, 2.24) is 0 Å². The molecule has 0 unspecified atom stereocenters. The van der Waals surface area contributed by atoms with Gasteiger partial charge in [-0.15, -0.1) is 0 Å². The number of hydrogen-bond donors (Lipinski definition) is 0. The zero-order valence-corrected chi connectivity index (χ0v) is 14.0. The lowest BCUT2D eigenvalue weighted by Crippen LogP contribution is -2.58. The first-order valence-electron chi connectivity index (χ1n) is 9.14. The maximum absolute atomic E-state index is 12.9. The lowest BCUT2D eigenvalue weighted by molar-refractivity contribution is -0.161. The van der Waals surface area contributed by atoms with Crippen molar-refractivity contribution < 1.29 is 28.2 Å². The largest absolute Gasteiger partial charge is 0.472 e. The van der Waals surface area contributed by atoms with Crippen molar-refractivity contribution in [2.45, 2.75) is 56.5 Å². The van der Waals surface area contributed by atoms with E-state index in [9.17, 15) is 9.59 Å². The minimum absolute atomic E-state index is 0.0202. The maximum atomic E-state index is 12.9. The van der Waals surface area contributed by atoms with Gasteiger partial charge in [0.2, 0.25) is 0 Å². The molecule has 4 heterocycles. The molecule has 8 atom stereocenters. The highest BCUT2D eigenvalue weighted by Crippen LogP contribution is 2.68. The first-order valence-corrected chi connectivity index (χ1v) is 9.14. The van der Waals surface area contributed by atoms with Crippen molar-refractivity contribution in [3.05, 3.63) is 24.2 Å². The Morgan fingerprint density at radius 1 is 1.12 bits per heavy atom. The molecule has 3 saturated heterocycles. The molecule has 6 rings (SSSR count). The third kappa shape index (κ3) is 1.52. The van der Waals surface area contributed by atoms with E-state index in [0.717, 1.165) is 24.8 Å². The summed E-state index contributed by atoms with van der Waals surface area (Å²) in [5.41, 5.74) is -0.247. The highest BCUT2D eigenvalue weighted by molar-refractivity contribution is 5.85. The van der Waals surface area contributed by atoms with Crippen LogP contribution in [0.5, 0.6) is 0 Å². The van der Waals surface area contributed by atoms with Crippen LogP contribution in [0.15, 0.2) is 23.0 Å². The normalized spacial score (nSPS) is 52.5. The van der Waals surface area contributed by atoms with Crippen LogP contribution in [0.4, 0.5) is 0 Å². The fraction of sp³-hybridized carbons (Fsp3) is 0.684. The molecule has 0 aromatic carbocycles. The number of esters is 2. The van der Waals surface area contributed by atoms with Gasteiger partial charge in [-0.1, -0.05) is 6.92 Å². The molecule has 5 aliphatic rings. The van der Waals surface area contributed by atoms with Gasteiger partial charge in [-0.3, -0.25) is 4.79 Å². The van der Waals surface area contributed by atoms with Crippen molar-refractivity contribution in [3.8, 4) is 0 Å². The molecular weight excluding hydrogens is 324 g/mol. The first kappa shape index (κ1) is 14.4. The SMILES string of the molecule is C[C@@]12[C@@H]3C[C@@]4(O[C@H](c5ccoc5)C[C@H]4[C@@H]1C[C@@H]1C[C@H]2C(=O)O1)C(=O)O3. The molecule has 1 aromatic heterocycles. The molecule has 5 fully saturated rings. The zero-order chi connectivity index (χ0) is 17.0. The summed E-state index contributed by atoms with van der Waals surface area (Å²) < 4.78 is 23.0. The Kier molecular flexibility index (Phi) is 2.46. The molecule has 0 amide bonds. The summed E-state index contributed by atoms with van der Waals surface area (Å²) in [6.45, 7) is 2.13. The van der Waals surface area contributed by atoms with Gasteiger partial charge in [0, 0.05) is 23.3 Å². The number of furan rings is 1. The van der Waals surface area contributed by atoms with E-state index in [1.807, 2.05) is 6.07 Å². The van der Waals surface area contributed by atoms with Gasteiger partial charge in [-0.25, -0.2) is 4.79 Å². The Labute approximate surface area is 144 Å². The number of hydrogen-bond acceptors (Lipinski definition) is 6. The summed E-state index contributed by atoms with van der Waals surface area (Å²) in [7, 11) is 0. The standard InChI is InChI=1S/C19H20O6/c1-18-11(4-10-5-13(18)16(20)23-10)12-6-14(9-2-3-22-8-9)25-19(12)7-15(18)24-17(19)21/h2-3,8,10-15H,4-7H2,1H3/t10-,11+,12+,13+,14+,15+,18-,19+/m1/s1. The summed E-state index contributed by atoms with van der Waals surface area (Å²) in [6, 6.07) is 1.90. The summed E-state index contributed by atoms with van der Waals surface area (Å²) in [5, 5.41) is 0. The third-order valence-electron chi connectivity index (χ3n) is 7.73. The van der Waals surface area contributed by atoms with E-state index in [2.05, 4.69) is 6.92 Å². The van der Waals surface area contributed by atoms with E-state index in [1.165, 1.54) is 0 Å². The van der Waals surface area contributed by atoms with Crippen LogP contribution < -0.4 is 0 Å². The van der Waals surface area contributed by atoms with E-state index in [0.29, 0.717) is 6.42 Å². The molecule has 6 nitrogen and oxygen atoms in total. The van der Waals surface area contributed by atoms with Crippen LogP contribution in [0.25, 0.3) is 0 Å². The van der Waals surface area contributed by atoms with Crippen molar-refractivity contribution >= 4 is 11.9 Å². The average Bonchev–Trinajstić information content (AvgIpc) is 3.32. The molecule has 132 valence electrons. The van der Waals surface area contributed by atoms with Crippen LogP contribution in [-0.2, 0) is 23.8 Å². The molecule has 3 aliphatic heterocycles. The Morgan fingerprint density at radius 3 is 2.80 bits per heavy atom. The Bertz CT molecular complexity index is 771. The number of carbonyl (C=O) groups is 2. The van der Waals surface area contributed by atoms with Crippen molar-refractivity contribution in [1.29, 1.82) is 0 Å². The van der Waals surface area contributed by atoms with Crippen LogP contribution in [-0.4, -0.2) is 29.7 Å². The molecule has 2 saturated carbocycles. The van der Waals surface area contributed by atoms with Crippen LogP contribution >= 0.6 is 0 Å². The van der Waals surface area contributed by atoms with Gasteiger partial charge in [-0.05, 0) is 31.2 Å². The van der Waals surface area contributed by atoms with Crippen LogP contribution in [0, 0.1) is 23.2 Å². The van der Waals surface area contributed by atoms with E-state index in [1.54, 1.807) is 12.5 Å². The van der Waals surface area contributed by atoms with Gasteiger partial charge in [0.25, 0.3) is 0 Å². The van der Waals surface area contributed by atoms with Gasteiger partial charge < -0.3 is 18.6 Å². The van der Waals surface area contributed by atoms with Crippen molar-refractivity contribution in [2.75, 3.05) is 0 Å². The Morgan fingerprint density at radius 2 is 2.00 bits per heavy atom. The fourth-order valence-corrected chi connectivity index (χ4v) is 6.50. The van der Waals surface area contributed by atoms with Gasteiger partial charge in [0.05, 0.1) is 24.5 Å². The van der Waals surface area contributed by atoms with E-state index < -0.39 is 5.60 Å². The smallest absolute Gasteiger partial charge is 0.339 e. The molecule has 6 heteroatoms. The number of ether oxygens (including phenoxy) is 3. The first-order chi connectivity index (χ1) is 12.0. The Balaban J connectivity index is 1.47. The predicted molar refractivity (Wildman–Crippen MR) is 82.1 cm³/mol. The molecule has 0 N–H and O–H groups in total. The van der Waals surface area contributed by atoms with Gasteiger partial charge in [0.1, 0.15) is 12.2 Å². The second-order valence-electron chi connectivity index (χ2n) is 8.55. The average molecular weight is 344 g/mol. The quantitative estimate of drug-likeness (QED) is 0.728. The highest BCUT2D eigenvalue weighted by atomic mass is 16.6. The molecule has 2 aliphatic carbocycles. The highest BCUT2D eigenvalue weighted by Gasteiger charge is 2.75. The van der Waals surface area contributed by atoms with Crippen LogP contribution in [0.2, 0.25) is 0 Å². The van der Waals surface area contributed by atoms with Crippen molar-refractivity contribution in [2.24, 2.45) is 23.2 Å². The summed E-state index contributed by atoms with van der Waals surface area (Å²) in [4.78, 5) is 25.3. The second-order valence-corrected chi connectivity index (χ2v) is 8.55. The number of rotatable bonds is 1. The monoisotopic (exact) mass is 344 g/mol. The van der Waals surface area contributed by atoms with E-state index in [4.69, 9.17) is 18.6 Å². The fourth-order valence-electron chi connectivity index (χ4n) is 6.50. The Hall–Kier alpha value is -1.82. The summed E-state index contributed by atoms with van der Waals surface area (Å²) >= 11 is 0. The molecular formula is C19H20O6. The van der Waals surface area contributed by atoms with E-state index >= 15 is 0 Å². The van der Waals surface area contributed by atoms with Gasteiger partial charge in [-0.2, -0.15) is 0 Å². The predicted octanol–water partition coefficient (Wildman–Crippen LogP) is 2.38. The van der Waals surface area contributed by atoms with E-state index in [-0.39, 0.29) is 53.4 Å². The summed E-state index contributed by atoms with van der Waals surface area (Å²) in [6.07, 6.45) is 5.74. The van der Waals surface area contributed by atoms with Gasteiger partial charge >= 0.3 is 11.9 Å². The molecule has 4 bridgehead atoms. The zero-order valence-electron chi connectivity index (χ0n) is 14.0. The third-order valence-corrected chi connectivity index (χ3v) is 7.73. The van der Waals surface area contributed by atoms with Gasteiger partial charge in [0.15, 0.2) is 5.60 Å². The molecule has 0 radical (unpaired) electrons. The topological polar surface area (TPSA) is 75.0 Å². The molecule has 1 aromatic rings. The van der Waals surface area contributed by atoms with Crippen molar-refractivity contribution in [3.63, 3.8) is 0 Å².